The zero-order chi connectivity index (χ0) is 20.0. The molecule has 1 rings (SSSR count). The summed E-state index contributed by atoms with van der Waals surface area (Å²) in [5.41, 5.74) is 2.30. The molecule has 0 amide bonds. The lowest BCUT2D eigenvalue weighted by molar-refractivity contribution is 0.337. The summed E-state index contributed by atoms with van der Waals surface area (Å²) in [7, 11) is -0.0418. The Morgan fingerprint density at radius 1 is 0.731 bits per heavy atom. The number of rotatable bonds is 9. The number of hydrogen-bond acceptors (Lipinski definition) is 0. The number of benzene rings is 1. The van der Waals surface area contributed by atoms with E-state index in [0.29, 0.717) is 10.8 Å². The average Bonchev–Trinajstić information content (AvgIpc) is 2.50. The highest BCUT2D eigenvalue weighted by Gasteiger charge is 2.21. The lowest BCUT2D eigenvalue weighted by Gasteiger charge is -2.28. The lowest BCUT2D eigenvalue weighted by Crippen LogP contribution is -2.17. The summed E-state index contributed by atoms with van der Waals surface area (Å²) >= 11 is 0. The fraction of sp³-hybridized carbons (Fsp3) is 0.760. The Morgan fingerprint density at radius 3 is 1.46 bits per heavy atom. The van der Waals surface area contributed by atoms with Gasteiger partial charge in [0.1, 0.15) is 0 Å². The van der Waals surface area contributed by atoms with Crippen LogP contribution in [0.15, 0.2) is 24.3 Å². The van der Waals surface area contributed by atoms with Crippen molar-refractivity contribution in [1.82, 2.24) is 0 Å². The van der Waals surface area contributed by atoms with Crippen molar-refractivity contribution in [2.75, 3.05) is 12.3 Å². The molecule has 26 heavy (non-hydrogen) atoms. The summed E-state index contributed by atoms with van der Waals surface area (Å²) in [5.74, 6) is 1.66. The Hall–Kier alpha value is -0.350. The van der Waals surface area contributed by atoms with E-state index in [9.17, 15) is 0 Å². The van der Waals surface area contributed by atoms with Crippen molar-refractivity contribution in [2.24, 2.45) is 22.7 Å². The molecule has 0 heterocycles. The summed E-state index contributed by atoms with van der Waals surface area (Å²) in [6.07, 6.45) is 8.20. The third-order valence-corrected chi connectivity index (χ3v) is 8.39. The van der Waals surface area contributed by atoms with Crippen LogP contribution < -0.4 is 5.30 Å². The Morgan fingerprint density at radius 2 is 1.12 bits per heavy atom. The Kier molecular flexibility index (Phi) is 9.35. The highest BCUT2D eigenvalue weighted by atomic mass is 31.1. The van der Waals surface area contributed by atoms with E-state index in [1.807, 2.05) is 0 Å². The molecule has 0 bridgehead atoms. The van der Waals surface area contributed by atoms with E-state index in [0.717, 1.165) is 11.8 Å². The van der Waals surface area contributed by atoms with Gasteiger partial charge in [0.15, 0.2) is 0 Å². The monoisotopic (exact) mass is 376 g/mol. The molecule has 1 heteroatoms. The topological polar surface area (TPSA) is 0 Å². The van der Waals surface area contributed by atoms with Gasteiger partial charge in [0.05, 0.1) is 0 Å². The van der Waals surface area contributed by atoms with Gasteiger partial charge in [-0.1, -0.05) is 93.1 Å². The van der Waals surface area contributed by atoms with Crippen LogP contribution >= 0.6 is 7.92 Å². The number of aryl methyl sites for hydroxylation is 1. The molecule has 2 atom stereocenters. The third-order valence-electron chi connectivity index (χ3n) is 5.24. The molecule has 0 spiro atoms. The maximum Gasteiger partial charge on any atom is -0.0240 e. The SMILES string of the molecule is Cc1ccc(P(CC(C)CCC(C)(C)C)CC(C)CCC(C)(C)C)cc1. The quantitative estimate of drug-likeness (QED) is 0.383. The minimum atomic E-state index is -0.0418. The van der Waals surface area contributed by atoms with Crippen LogP contribution in [0.2, 0.25) is 0 Å². The molecule has 0 aliphatic rings. The van der Waals surface area contributed by atoms with Gasteiger partial charge in [-0.3, -0.25) is 0 Å². The molecular formula is C25H45P. The molecule has 0 aliphatic heterocycles. The summed E-state index contributed by atoms with van der Waals surface area (Å²) in [6, 6.07) is 9.44. The molecule has 0 aromatic heterocycles. The summed E-state index contributed by atoms with van der Waals surface area (Å²) in [4.78, 5) is 0. The summed E-state index contributed by atoms with van der Waals surface area (Å²) in [6.45, 7) is 21.4. The molecule has 1 aromatic carbocycles. The fourth-order valence-electron chi connectivity index (χ4n) is 3.33. The van der Waals surface area contributed by atoms with Gasteiger partial charge in [0.2, 0.25) is 0 Å². The van der Waals surface area contributed by atoms with E-state index in [-0.39, 0.29) is 7.92 Å². The van der Waals surface area contributed by atoms with Crippen LogP contribution in [0.3, 0.4) is 0 Å². The van der Waals surface area contributed by atoms with E-state index in [1.54, 1.807) is 5.30 Å². The lowest BCUT2D eigenvalue weighted by atomic mass is 9.87. The first kappa shape index (κ1) is 23.7. The summed E-state index contributed by atoms with van der Waals surface area (Å²) in [5, 5.41) is 1.62. The van der Waals surface area contributed by atoms with Crippen molar-refractivity contribution in [3.05, 3.63) is 29.8 Å². The van der Waals surface area contributed by atoms with Gasteiger partial charge in [-0.05, 0) is 72.9 Å². The van der Waals surface area contributed by atoms with Crippen molar-refractivity contribution in [1.29, 1.82) is 0 Å². The standard InChI is InChI=1S/C25H45P/c1-20-10-12-23(13-11-20)26(18-21(2)14-16-24(4,5)6)19-22(3)15-17-25(7,8)9/h10-13,21-22H,14-19H2,1-9H3. The maximum atomic E-state index is 2.48. The van der Waals surface area contributed by atoms with E-state index < -0.39 is 0 Å². The van der Waals surface area contributed by atoms with Crippen molar-refractivity contribution in [3.63, 3.8) is 0 Å². The van der Waals surface area contributed by atoms with Gasteiger partial charge in [-0.2, -0.15) is 0 Å². The first-order valence-electron chi connectivity index (χ1n) is 10.7. The first-order chi connectivity index (χ1) is 11.9. The van der Waals surface area contributed by atoms with Crippen molar-refractivity contribution < 1.29 is 0 Å². The van der Waals surface area contributed by atoms with Crippen LogP contribution in [0.25, 0.3) is 0 Å². The van der Waals surface area contributed by atoms with Gasteiger partial charge in [-0.25, -0.2) is 0 Å². The minimum absolute atomic E-state index is 0.0418. The van der Waals surface area contributed by atoms with Crippen molar-refractivity contribution in [2.45, 2.75) is 88.0 Å². The predicted octanol–water partition coefficient (Wildman–Crippen LogP) is 8.03. The van der Waals surface area contributed by atoms with E-state index in [4.69, 9.17) is 0 Å². The normalized spacial score (nSPS) is 16.3. The largest absolute Gasteiger partial charge is 0.0748 e. The second-order valence-electron chi connectivity index (χ2n) is 11.1. The van der Waals surface area contributed by atoms with Crippen LogP contribution in [0.4, 0.5) is 0 Å². The molecule has 0 nitrogen and oxygen atoms in total. The molecule has 2 unspecified atom stereocenters. The number of hydrogen-bond donors (Lipinski definition) is 0. The van der Waals surface area contributed by atoms with Crippen molar-refractivity contribution in [3.8, 4) is 0 Å². The first-order valence-corrected chi connectivity index (χ1v) is 12.4. The molecular weight excluding hydrogens is 331 g/mol. The molecule has 150 valence electrons. The molecule has 0 saturated heterocycles. The smallest absolute Gasteiger partial charge is 0.0240 e. The van der Waals surface area contributed by atoms with Crippen molar-refractivity contribution >= 4 is 13.2 Å². The van der Waals surface area contributed by atoms with Gasteiger partial charge >= 0.3 is 0 Å². The van der Waals surface area contributed by atoms with E-state index in [2.05, 4.69) is 86.6 Å². The molecule has 1 aromatic rings. The van der Waals surface area contributed by atoms with Gasteiger partial charge in [-0.15, -0.1) is 0 Å². The molecule has 0 radical (unpaired) electrons. The van der Waals surface area contributed by atoms with Crippen LogP contribution in [0.5, 0.6) is 0 Å². The zero-order valence-corrected chi connectivity index (χ0v) is 20.0. The highest BCUT2D eigenvalue weighted by Crippen LogP contribution is 2.42. The van der Waals surface area contributed by atoms with Gasteiger partial charge in [0, 0.05) is 0 Å². The van der Waals surface area contributed by atoms with E-state index in [1.165, 1.54) is 43.6 Å². The van der Waals surface area contributed by atoms with Crippen LogP contribution in [0.1, 0.15) is 86.6 Å². The fourth-order valence-corrected chi connectivity index (χ4v) is 6.35. The summed E-state index contributed by atoms with van der Waals surface area (Å²) < 4.78 is 0. The molecule has 0 N–H and O–H groups in total. The second-order valence-corrected chi connectivity index (χ2v) is 13.5. The Balaban J connectivity index is 2.74. The van der Waals surface area contributed by atoms with Crippen LogP contribution in [-0.2, 0) is 0 Å². The van der Waals surface area contributed by atoms with Crippen LogP contribution in [-0.4, -0.2) is 12.3 Å². The van der Waals surface area contributed by atoms with E-state index >= 15 is 0 Å². The zero-order valence-electron chi connectivity index (χ0n) is 19.2. The second kappa shape index (κ2) is 10.3. The molecule has 0 fully saturated rings. The minimum Gasteiger partial charge on any atom is -0.0748 e. The molecule has 0 aliphatic carbocycles. The Labute approximate surface area is 166 Å². The Bertz CT molecular complexity index is 474. The molecule has 0 saturated carbocycles. The van der Waals surface area contributed by atoms with Crippen LogP contribution in [0, 0.1) is 29.6 Å². The maximum absolute atomic E-state index is 2.48. The third kappa shape index (κ3) is 10.7. The van der Waals surface area contributed by atoms with Gasteiger partial charge in [0.25, 0.3) is 0 Å². The average molecular weight is 377 g/mol. The highest BCUT2D eigenvalue weighted by molar-refractivity contribution is 7.65. The van der Waals surface area contributed by atoms with Gasteiger partial charge < -0.3 is 0 Å². The predicted molar refractivity (Wildman–Crippen MR) is 123 cm³/mol.